The average molecular weight is 308 g/mol. The number of benzene rings is 2. The van der Waals surface area contributed by atoms with Gasteiger partial charge in [0.15, 0.2) is 6.61 Å². The van der Waals surface area contributed by atoms with Gasteiger partial charge in [-0.2, -0.15) is 4.98 Å². The fourth-order valence-electron chi connectivity index (χ4n) is 2.21. The van der Waals surface area contributed by atoms with Crippen LogP contribution >= 0.6 is 0 Å². The summed E-state index contributed by atoms with van der Waals surface area (Å²) < 4.78 is 10.9. The van der Waals surface area contributed by atoms with Crippen LogP contribution in [0.4, 0.5) is 0 Å². The van der Waals surface area contributed by atoms with Crippen LogP contribution in [0.15, 0.2) is 59.1 Å². The predicted octanol–water partition coefficient (Wildman–Crippen LogP) is 4.61. The van der Waals surface area contributed by atoms with Gasteiger partial charge in [0.25, 0.3) is 5.89 Å². The van der Waals surface area contributed by atoms with Crippen molar-refractivity contribution >= 4 is 0 Å². The molecule has 0 aliphatic rings. The minimum absolute atomic E-state index is 0.135. The van der Waals surface area contributed by atoms with Crippen molar-refractivity contribution < 1.29 is 9.26 Å². The molecule has 3 rings (SSSR count). The van der Waals surface area contributed by atoms with Crippen LogP contribution in [-0.2, 0) is 12.0 Å². The Balaban J connectivity index is 1.64. The molecule has 0 aliphatic heterocycles. The zero-order chi connectivity index (χ0) is 16.3. The lowest BCUT2D eigenvalue weighted by Gasteiger charge is -2.19. The Labute approximate surface area is 136 Å². The van der Waals surface area contributed by atoms with Gasteiger partial charge in [-0.25, -0.2) is 0 Å². The van der Waals surface area contributed by atoms with Gasteiger partial charge in [0.05, 0.1) is 0 Å². The zero-order valence-electron chi connectivity index (χ0n) is 13.6. The summed E-state index contributed by atoms with van der Waals surface area (Å²) in [6.07, 6.45) is 0. The predicted molar refractivity (Wildman–Crippen MR) is 89.2 cm³/mol. The van der Waals surface area contributed by atoms with Gasteiger partial charge < -0.3 is 9.26 Å². The molecule has 0 saturated heterocycles. The second kappa shape index (κ2) is 6.24. The van der Waals surface area contributed by atoms with E-state index in [-0.39, 0.29) is 12.0 Å². The largest absolute Gasteiger partial charge is 0.484 e. The number of hydrogen-bond donors (Lipinski definition) is 0. The highest BCUT2D eigenvalue weighted by Crippen LogP contribution is 2.24. The monoisotopic (exact) mass is 308 g/mol. The van der Waals surface area contributed by atoms with Crippen molar-refractivity contribution in [1.29, 1.82) is 0 Å². The third-order valence-electron chi connectivity index (χ3n) is 3.58. The van der Waals surface area contributed by atoms with Crippen LogP contribution in [0.2, 0.25) is 0 Å². The fourth-order valence-corrected chi connectivity index (χ4v) is 2.21. The van der Waals surface area contributed by atoms with Gasteiger partial charge in [-0.05, 0) is 23.1 Å². The first-order chi connectivity index (χ1) is 11.0. The smallest absolute Gasteiger partial charge is 0.264 e. The van der Waals surface area contributed by atoms with E-state index >= 15 is 0 Å². The van der Waals surface area contributed by atoms with Crippen molar-refractivity contribution in [1.82, 2.24) is 10.1 Å². The van der Waals surface area contributed by atoms with Gasteiger partial charge in [0, 0.05) is 5.56 Å². The quantitative estimate of drug-likeness (QED) is 0.706. The summed E-state index contributed by atoms with van der Waals surface area (Å²) in [5, 5.41) is 3.98. The lowest BCUT2D eigenvalue weighted by atomic mass is 9.87. The minimum atomic E-state index is 0.135. The minimum Gasteiger partial charge on any atom is -0.484 e. The van der Waals surface area contributed by atoms with Gasteiger partial charge in [0.1, 0.15) is 5.75 Å². The molecule has 0 spiro atoms. The Hall–Kier alpha value is -2.62. The summed E-state index contributed by atoms with van der Waals surface area (Å²) >= 11 is 0. The molecule has 0 bridgehead atoms. The van der Waals surface area contributed by atoms with Crippen LogP contribution in [0.1, 0.15) is 32.2 Å². The molecule has 4 nitrogen and oxygen atoms in total. The number of aromatic nitrogens is 2. The highest BCUT2D eigenvalue weighted by atomic mass is 16.5. The molecular formula is C19H20N2O2. The third kappa shape index (κ3) is 3.77. The van der Waals surface area contributed by atoms with Gasteiger partial charge in [-0.15, -0.1) is 0 Å². The van der Waals surface area contributed by atoms with E-state index in [2.05, 4.69) is 43.0 Å². The number of rotatable bonds is 4. The summed E-state index contributed by atoms with van der Waals surface area (Å²) in [4.78, 5) is 4.35. The molecule has 3 aromatic rings. The molecule has 0 aliphatic carbocycles. The second-order valence-electron chi connectivity index (χ2n) is 6.44. The molecule has 0 N–H and O–H groups in total. The molecule has 1 aromatic heterocycles. The molecule has 0 saturated carbocycles. The summed E-state index contributed by atoms with van der Waals surface area (Å²) in [6.45, 7) is 6.82. The Morgan fingerprint density at radius 2 is 1.65 bits per heavy atom. The van der Waals surface area contributed by atoms with Crippen molar-refractivity contribution in [2.24, 2.45) is 0 Å². The highest BCUT2D eigenvalue weighted by molar-refractivity contribution is 5.53. The van der Waals surface area contributed by atoms with Crippen LogP contribution in [-0.4, -0.2) is 10.1 Å². The van der Waals surface area contributed by atoms with Crippen molar-refractivity contribution in [2.45, 2.75) is 32.8 Å². The molecule has 4 heteroatoms. The van der Waals surface area contributed by atoms with E-state index in [4.69, 9.17) is 9.26 Å². The van der Waals surface area contributed by atoms with Crippen LogP contribution < -0.4 is 4.74 Å². The van der Waals surface area contributed by atoms with Gasteiger partial charge >= 0.3 is 0 Å². The molecule has 118 valence electrons. The molecule has 0 amide bonds. The summed E-state index contributed by atoms with van der Waals surface area (Å²) in [6, 6.07) is 17.8. The summed E-state index contributed by atoms with van der Waals surface area (Å²) in [5.41, 5.74) is 2.33. The molecule has 0 unspecified atom stereocenters. The average Bonchev–Trinajstić information content (AvgIpc) is 3.02. The number of ether oxygens (including phenoxy) is 1. The topological polar surface area (TPSA) is 48.2 Å². The van der Waals surface area contributed by atoms with E-state index in [0.29, 0.717) is 11.7 Å². The zero-order valence-corrected chi connectivity index (χ0v) is 13.6. The van der Waals surface area contributed by atoms with Gasteiger partial charge in [0.2, 0.25) is 5.82 Å². The van der Waals surface area contributed by atoms with Crippen molar-refractivity contribution in [3.8, 4) is 17.1 Å². The lowest BCUT2D eigenvalue weighted by Crippen LogP contribution is -2.10. The SMILES string of the molecule is CC(C)(C)c1ccc(OCc2nc(-c3ccccc3)no2)cc1. The summed E-state index contributed by atoms with van der Waals surface area (Å²) in [5.74, 6) is 1.83. The van der Waals surface area contributed by atoms with Crippen LogP contribution in [0.3, 0.4) is 0 Å². The van der Waals surface area contributed by atoms with Crippen molar-refractivity contribution in [3.05, 3.63) is 66.1 Å². The van der Waals surface area contributed by atoms with Crippen molar-refractivity contribution in [3.63, 3.8) is 0 Å². The molecule has 2 aromatic carbocycles. The van der Waals surface area contributed by atoms with Crippen LogP contribution in [0, 0.1) is 0 Å². The maximum Gasteiger partial charge on any atom is 0.264 e. The van der Waals surface area contributed by atoms with Crippen LogP contribution in [0.5, 0.6) is 5.75 Å². The second-order valence-corrected chi connectivity index (χ2v) is 6.44. The Kier molecular flexibility index (Phi) is 4.15. The van der Waals surface area contributed by atoms with E-state index in [0.717, 1.165) is 11.3 Å². The lowest BCUT2D eigenvalue weighted by molar-refractivity contribution is 0.243. The molecule has 23 heavy (non-hydrogen) atoms. The number of nitrogens with zero attached hydrogens (tertiary/aromatic N) is 2. The molecule has 0 radical (unpaired) electrons. The van der Waals surface area contributed by atoms with Gasteiger partial charge in [-0.1, -0.05) is 68.4 Å². The van der Waals surface area contributed by atoms with E-state index in [1.54, 1.807) is 0 Å². The highest BCUT2D eigenvalue weighted by Gasteiger charge is 2.13. The maximum absolute atomic E-state index is 5.71. The third-order valence-corrected chi connectivity index (χ3v) is 3.58. The molecule has 1 heterocycles. The molecule has 0 fully saturated rings. The molecule has 0 atom stereocenters. The van der Waals surface area contributed by atoms with Gasteiger partial charge in [-0.3, -0.25) is 0 Å². The Morgan fingerprint density at radius 3 is 2.30 bits per heavy atom. The Morgan fingerprint density at radius 1 is 0.957 bits per heavy atom. The molecular weight excluding hydrogens is 288 g/mol. The van der Waals surface area contributed by atoms with Crippen molar-refractivity contribution in [2.75, 3.05) is 0 Å². The first kappa shape index (κ1) is 15.3. The standard InChI is InChI=1S/C19H20N2O2/c1-19(2,3)15-9-11-16(12-10-15)22-13-17-20-18(21-23-17)14-7-5-4-6-8-14/h4-12H,13H2,1-3H3. The normalized spacial score (nSPS) is 11.4. The van der Waals surface area contributed by atoms with E-state index in [1.165, 1.54) is 5.56 Å². The first-order valence-corrected chi connectivity index (χ1v) is 7.64. The Bertz CT molecular complexity index is 756. The number of hydrogen-bond acceptors (Lipinski definition) is 4. The van der Waals surface area contributed by atoms with Crippen LogP contribution in [0.25, 0.3) is 11.4 Å². The van der Waals surface area contributed by atoms with E-state index in [1.807, 2.05) is 42.5 Å². The maximum atomic E-state index is 5.71. The summed E-state index contributed by atoms with van der Waals surface area (Å²) in [7, 11) is 0. The first-order valence-electron chi connectivity index (χ1n) is 7.64. The fraction of sp³-hybridized carbons (Fsp3) is 0.263. The van der Waals surface area contributed by atoms with E-state index in [9.17, 15) is 0 Å². The van der Waals surface area contributed by atoms with E-state index < -0.39 is 0 Å².